The highest BCUT2D eigenvalue weighted by Gasteiger charge is 2.04. The van der Waals surface area contributed by atoms with Crippen molar-refractivity contribution in [1.29, 1.82) is 0 Å². The predicted octanol–water partition coefficient (Wildman–Crippen LogP) is 4.28. The Hall–Kier alpha value is -2.48. The van der Waals surface area contributed by atoms with E-state index in [9.17, 15) is 9.18 Å². The van der Waals surface area contributed by atoms with Gasteiger partial charge < -0.3 is 0 Å². The standard InChI is InChI=1S/C17H13FO/c18-16(13-15-9-5-2-6-10-15)17(19)12-11-14-7-3-1-4-8-14/h1-13H. The normalized spacial score (nSPS) is 11.7. The van der Waals surface area contributed by atoms with Crippen molar-refractivity contribution in [2.24, 2.45) is 0 Å². The highest BCUT2D eigenvalue weighted by atomic mass is 19.1. The molecule has 94 valence electrons. The average Bonchev–Trinajstić information content (AvgIpc) is 2.47. The maximum atomic E-state index is 13.6. The molecule has 0 unspecified atom stereocenters. The molecule has 2 rings (SSSR count). The summed E-state index contributed by atoms with van der Waals surface area (Å²) in [7, 11) is 0. The van der Waals surface area contributed by atoms with E-state index >= 15 is 0 Å². The van der Waals surface area contributed by atoms with Gasteiger partial charge in [-0.25, -0.2) is 4.39 Å². The molecule has 2 aromatic carbocycles. The molecule has 0 aromatic heterocycles. The Morgan fingerprint density at radius 2 is 1.37 bits per heavy atom. The minimum Gasteiger partial charge on any atom is -0.287 e. The summed E-state index contributed by atoms with van der Waals surface area (Å²) in [6.07, 6.45) is 4.07. The minimum atomic E-state index is -0.765. The molecule has 0 fully saturated rings. The van der Waals surface area contributed by atoms with Crippen LogP contribution >= 0.6 is 0 Å². The monoisotopic (exact) mass is 252 g/mol. The number of allylic oxidation sites excluding steroid dienone is 2. The zero-order valence-corrected chi connectivity index (χ0v) is 10.3. The lowest BCUT2D eigenvalue weighted by atomic mass is 10.1. The van der Waals surface area contributed by atoms with E-state index in [0.717, 1.165) is 5.56 Å². The summed E-state index contributed by atoms with van der Waals surface area (Å²) in [5, 5.41) is 0. The molecule has 0 heterocycles. The zero-order chi connectivity index (χ0) is 13.5. The number of hydrogen-bond acceptors (Lipinski definition) is 1. The van der Waals surface area contributed by atoms with E-state index in [-0.39, 0.29) is 0 Å². The van der Waals surface area contributed by atoms with Gasteiger partial charge in [0.05, 0.1) is 0 Å². The molecule has 0 saturated carbocycles. The van der Waals surface area contributed by atoms with Gasteiger partial charge in [0.15, 0.2) is 5.83 Å². The van der Waals surface area contributed by atoms with Gasteiger partial charge >= 0.3 is 0 Å². The van der Waals surface area contributed by atoms with E-state index in [4.69, 9.17) is 0 Å². The van der Waals surface area contributed by atoms with Crippen molar-refractivity contribution in [2.45, 2.75) is 0 Å². The number of rotatable bonds is 4. The lowest BCUT2D eigenvalue weighted by Gasteiger charge is -1.94. The van der Waals surface area contributed by atoms with Crippen molar-refractivity contribution < 1.29 is 9.18 Å². The predicted molar refractivity (Wildman–Crippen MR) is 76.0 cm³/mol. The molecule has 0 aliphatic rings. The Morgan fingerprint density at radius 3 is 1.95 bits per heavy atom. The van der Waals surface area contributed by atoms with Crippen LogP contribution in [0.25, 0.3) is 12.2 Å². The number of hydrogen-bond donors (Lipinski definition) is 0. The molecule has 0 radical (unpaired) electrons. The zero-order valence-electron chi connectivity index (χ0n) is 10.3. The smallest absolute Gasteiger partial charge is 0.214 e. The molecular weight excluding hydrogens is 239 g/mol. The van der Waals surface area contributed by atoms with Crippen LogP contribution < -0.4 is 0 Å². The van der Waals surface area contributed by atoms with Crippen molar-refractivity contribution in [3.63, 3.8) is 0 Å². The second-order valence-corrected chi connectivity index (χ2v) is 4.01. The van der Waals surface area contributed by atoms with Crippen LogP contribution in [0, 0.1) is 0 Å². The molecule has 2 aromatic rings. The number of halogens is 1. The summed E-state index contributed by atoms with van der Waals surface area (Å²) in [6.45, 7) is 0. The molecule has 19 heavy (non-hydrogen) atoms. The molecular formula is C17H13FO. The van der Waals surface area contributed by atoms with Gasteiger partial charge in [0.25, 0.3) is 0 Å². The average molecular weight is 252 g/mol. The van der Waals surface area contributed by atoms with Gasteiger partial charge in [0.1, 0.15) is 0 Å². The SMILES string of the molecule is O=C(C=Cc1ccccc1)C(F)=Cc1ccccc1. The fraction of sp³-hybridized carbons (Fsp3) is 0. The first-order valence-electron chi connectivity index (χ1n) is 5.95. The fourth-order valence-corrected chi connectivity index (χ4v) is 1.58. The summed E-state index contributed by atoms with van der Waals surface area (Å²) >= 11 is 0. The number of ketones is 1. The van der Waals surface area contributed by atoms with Gasteiger partial charge in [-0.2, -0.15) is 0 Å². The summed E-state index contributed by atoms with van der Waals surface area (Å²) in [4.78, 5) is 11.6. The molecule has 0 N–H and O–H groups in total. The van der Waals surface area contributed by atoms with Gasteiger partial charge in [-0.05, 0) is 23.3 Å². The Bertz CT molecular complexity index is 598. The summed E-state index contributed by atoms with van der Waals surface area (Å²) in [5.74, 6) is -1.40. The summed E-state index contributed by atoms with van der Waals surface area (Å²) in [6, 6.07) is 18.2. The van der Waals surface area contributed by atoms with Gasteiger partial charge in [-0.1, -0.05) is 66.7 Å². The van der Waals surface area contributed by atoms with E-state index in [2.05, 4.69) is 0 Å². The molecule has 1 nitrogen and oxygen atoms in total. The minimum absolute atomic E-state index is 0.632. The fourth-order valence-electron chi connectivity index (χ4n) is 1.58. The van der Waals surface area contributed by atoms with Crippen LogP contribution in [0.2, 0.25) is 0 Å². The molecule has 0 spiro atoms. The molecule has 0 aliphatic heterocycles. The molecule has 0 saturated heterocycles. The van der Waals surface area contributed by atoms with Gasteiger partial charge in [-0.15, -0.1) is 0 Å². The van der Waals surface area contributed by atoms with Crippen LogP contribution in [0.15, 0.2) is 72.6 Å². The summed E-state index contributed by atoms with van der Waals surface area (Å²) in [5.41, 5.74) is 1.53. The Morgan fingerprint density at radius 1 is 0.842 bits per heavy atom. The quantitative estimate of drug-likeness (QED) is 0.742. The van der Waals surface area contributed by atoms with Crippen molar-refractivity contribution in [1.82, 2.24) is 0 Å². The maximum Gasteiger partial charge on any atom is 0.214 e. The Labute approximate surface area is 111 Å². The molecule has 0 atom stereocenters. The maximum absolute atomic E-state index is 13.6. The largest absolute Gasteiger partial charge is 0.287 e. The van der Waals surface area contributed by atoms with Gasteiger partial charge in [0.2, 0.25) is 5.78 Å². The van der Waals surface area contributed by atoms with Gasteiger partial charge in [0, 0.05) is 0 Å². The third-order valence-corrected chi connectivity index (χ3v) is 2.56. The van der Waals surface area contributed by atoms with Crippen LogP contribution in [0.1, 0.15) is 11.1 Å². The van der Waals surface area contributed by atoms with Crippen LogP contribution in [-0.4, -0.2) is 5.78 Å². The molecule has 0 aliphatic carbocycles. The first-order chi connectivity index (χ1) is 9.25. The van der Waals surface area contributed by atoms with Crippen LogP contribution in [0.5, 0.6) is 0 Å². The Balaban J connectivity index is 2.08. The molecule has 0 amide bonds. The van der Waals surface area contributed by atoms with Crippen LogP contribution in [0.3, 0.4) is 0 Å². The van der Waals surface area contributed by atoms with E-state index in [1.165, 1.54) is 12.2 Å². The number of carbonyl (C=O) groups excluding carboxylic acids is 1. The van der Waals surface area contributed by atoms with Crippen molar-refractivity contribution in [3.8, 4) is 0 Å². The highest BCUT2D eigenvalue weighted by molar-refractivity contribution is 6.07. The highest BCUT2D eigenvalue weighted by Crippen LogP contribution is 2.10. The lowest BCUT2D eigenvalue weighted by Crippen LogP contribution is -1.92. The van der Waals surface area contributed by atoms with E-state index in [0.29, 0.717) is 5.56 Å². The van der Waals surface area contributed by atoms with E-state index < -0.39 is 11.6 Å². The second-order valence-electron chi connectivity index (χ2n) is 4.01. The third-order valence-electron chi connectivity index (χ3n) is 2.56. The first-order valence-corrected chi connectivity index (χ1v) is 5.95. The first kappa shape index (κ1) is 13.0. The second kappa shape index (κ2) is 6.45. The van der Waals surface area contributed by atoms with Crippen LogP contribution in [-0.2, 0) is 4.79 Å². The third kappa shape index (κ3) is 4.03. The van der Waals surface area contributed by atoms with Gasteiger partial charge in [-0.3, -0.25) is 4.79 Å². The number of benzene rings is 2. The van der Waals surface area contributed by atoms with E-state index in [1.807, 2.05) is 36.4 Å². The lowest BCUT2D eigenvalue weighted by molar-refractivity contribution is -0.112. The molecule has 2 heteroatoms. The summed E-state index contributed by atoms with van der Waals surface area (Å²) < 4.78 is 13.6. The van der Waals surface area contributed by atoms with Crippen molar-refractivity contribution >= 4 is 17.9 Å². The van der Waals surface area contributed by atoms with Crippen molar-refractivity contribution in [3.05, 3.63) is 83.7 Å². The van der Waals surface area contributed by atoms with E-state index in [1.54, 1.807) is 30.3 Å². The molecule has 0 bridgehead atoms. The van der Waals surface area contributed by atoms with Crippen molar-refractivity contribution in [2.75, 3.05) is 0 Å². The van der Waals surface area contributed by atoms with Crippen LogP contribution in [0.4, 0.5) is 4.39 Å². The topological polar surface area (TPSA) is 17.1 Å². The number of carbonyl (C=O) groups is 1. The Kier molecular flexibility index (Phi) is 4.40.